The zero-order valence-corrected chi connectivity index (χ0v) is 15.2. The second-order valence-electron chi connectivity index (χ2n) is 5.78. The molecule has 0 aliphatic carbocycles. The number of hydrogen-bond donors (Lipinski definition) is 0. The van der Waals surface area contributed by atoms with E-state index in [-0.39, 0.29) is 70.8 Å². The second-order valence-corrected chi connectivity index (χ2v) is 5.78. The number of likely N-dealkylation sites (tertiary alicyclic amines) is 1. The molecule has 0 spiro atoms. The van der Waals surface area contributed by atoms with Crippen LogP contribution in [0.25, 0.3) is 0 Å². The largest absolute Gasteiger partial charge is 1.00 e. The van der Waals surface area contributed by atoms with E-state index < -0.39 is 24.5 Å². The molecule has 0 aromatic carbocycles. The number of halogens is 3. The topological polar surface area (TPSA) is 29.5 Å². The van der Waals surface area contributed by atoms with E-state index in [0.717, 1.165) is 0 Å². The van der Waals surface area contributed by atoms with Crippen LogP contribution in [0.5, 0.6) is 0 Å². The Morgan fingerprint density at radius 3 is 2.26 bits per heavy atom. The van der Waals surface area contributed by atoms with Crippen LogP contribution in [0.2, 0.25) is 5.82 Å². The number of ether oxygens (including phenoxy) is 1. The van der Waals surface area contributed by atoms with Crippen LogP contribution in [0.4, 0.5) is 17.7 Å². The average molecular weight is 305 g/mol. The molecule has 1 aliphatic rings. The van der Waals surface area contributed by atoms with Gasteiger partial charge in [-0.25, -0.2) is 4.79 Å². The number of nitrogens with zero attached hydrogens (tertiary/aromatic N) is 1. The SMILES string of the molecule is CC(C)(C)OC(=O)N1CCCC([B-](F)(F)F)CC1.[K+]. The van der Waals surface area contributed by atoms with Gasteiger partial charge in [0, 0.05) is 13.1 Å². The monoisotopic (exact) mass is 305 g/mol. The van der Waals surface area contributed by atoms with Gasteiger partial charge in [-0.2, -0.15) is 0 Å². The van der Waals surface area contributed by atoms with Crippen LogP contribution in [-0.4, -0.2) is 36.7 Å². The summed E-state index contributed by atoms with van der Waals surface area (Å²) in [6, 6.07) is 0. The molecule has 0 bridgehead atoms. The van der Waals surface area contributed by atoms with E-state index in [9.17, 15) is 17.7 Å². The van der Waals surface area contributed by atoms with Gasteiger partial charge in [-0.1, -0.05) is 18.7 Å². The van der Waals surface area contributed by atoms with Crippen molar-refractivity contribution in [1.29, 1.82) is 0 Å². The first-order chi connectivity index (χ1) is 8.09. The summed E-state index contributed by atoms with van der Waals surface area (Å²) in [5.74, 6) is -1.24. The maximum Gasteiger partial charge on any atom is 1.00 e. The summed E-state index contributed by atoms with van der Waals surface area (Å²) in [5, 5.41) is 0. The summed E-state index contributed by atoms with van der Waals surface area (Å²) in [4.78, 5) is 13.1. The Balaban J connectivity index is 0.00000324. The van der Waals surface area contributed by atoms with Crippen molar-refractivity contribution in [2.75, 3.05) is 13.1 Å². The third-order valence-corrected chi connectivity index (χ3v) is 2.96. The fraction of sp³-hybridized carbons (Fsp3) is 0.909. The van der Waals surface area contributed by atoms with E-state index in [0.29, 0.717) is 13.0 Å². The van der Waals surface area contributed by atoms with Crippen molar-refractivity contribution in [2.45, 2.75) is 51.5 Å². The normalized spacial score (nSPS) is 21.4. The molecule has 3 nitrogen and oxygen atoms in total. The van der Waals surface area contributed by atoms with E-state index in [1.807, 2.05) is 0 Å². The summed E-state index contributed by atoms with van der Waals surface area (Å²) in [6.45, 7) is 0.892. The number of carbonyl (C=O) groups is 1. The molecule has 0 aromatic heterocycles. The second kappa shape index (κ2) is 7.68. The van der Waals surface area contributed by atoms with Crippen LogP contribution < -0.4 is 51.4 Å². The van der Waals surface area contributed by atoms with Crippen LogP contribution in [0.15, 0.2) is 0 Å². The van der Waals surface area contributed by atoms with Crippen LogP contribution in [0, 0.1) is 0 Å². The van der Waals surface area contributed by atoms with Gasteiger partial charge in [0.05, 0.1) is 0 Å². The van der Waals surface area contributed by atoms with Gasteiger partial charge < -0.3 is 22.6 Å². The summed E-state index contributed by atoms with van der Waals surface area (Å²) in [5.41, 5.74) is -0.614. The number of amides is 1. The Hall–Kier alpha value is 0.761. The summed E-state index contributed by atoms with van der Waals surface area (Å²) in [7, 11) is 0. The van der Waals surface area contributed by atoms with Crippen LogP contribution in [-0.2, 0) is 4.74 Å². The molecule has 1 heterocycles. The Kier molecular flexibility index (Phi) is 7.99. The fourth-order valence-electron chi connectivity index (χ4n) is 2.01. The zero-order chi connectivity index (χ0) is 14.0. The van der Waals surface area contributed by atoms with Crippen molar-refractivity contribution in [3.05, 3.63) is 0 Å². The van der Waals surface area contributed by atoms with Crippen LogP contribution in [0.1, 0.15) is 40.0 Å². The van der Waals surface area contributed by atoms with E-state index in [2.05, 4.69) is 0 Å². The van der Waals surface area contributed by atoms with E-state index >= 15 is 0 Å². The minimum absolute atomic E-state index is 0. The van der Waals surface area contributed by atoms with E-state index in [1.54, 1.807) is 20.8 Å². The van der Waals surface area contributed by atoms with Crippen molar-refractivity contribution in [3.8, 4) is 0 Å². The standard InChI is InChI=1S/C11H20BF3NO2.K/c1-11(2,3)18-10(17)16-7-4-5-9(6-8-16)12(13,14)15;/h9H,4-8H2,1-3H3;/q-1;+1. The molecule has 0 saturated carbocycles. The molecule has 1 amide bonds. The van der Waals surface area contributed by atoms with Gasteiger partial charge in [0.25, 0.3) is 0 Å². The molecule has 8 heteroatoms. The Bertz CT molecular complexity index is 307. The van der Waals surface area contributed by atoms with Crippen molar-refractivity contribution < 1.29 is 73.9 Å². The minimum atomic E-state index is -4.80. The van der Waals surface area contributed by atoms with Crippen LogP contribution in [0.3, 0.4) is 0 Å². The average Bonchev–Trinajstić information content (AvgIpc) is 2.38. The van der Waals surface area contributed by atoms with Gasteiger partial charge in [-0.15, -0.1) is 0 Å². The first-order valence-electron chi connectivity index (χ1n) is 6.27. The van der Waals surface area contributed by atoms with Crippen molar-refractivity contribution >= 4 is 13.1 Å². The molecule has 1 aliphatic heterocycles. The Labute approximate surface area is 155 Å². The predicted octanol–water partition coefficient (Wildman–Crippen LogP) is 0.629. The molecular formula is C11H20BF3KNO2. The quantitative estimate of drug-likeness (QED) is 0.665. The molecule has 106 valence electrons. The van der Waals surface area contributed by atoms with Gasteiger partial charge in [0.2, 0.25) is 0 Å². The third kappa shape index (κ3) is 7.36. The van der Waals surface area contributed by atoms with Gasteiger partial charge in [0.15, 0.2) is 0 Å². The first kappa shape index (κ1) is 19.8. The molecule has 0 radical (unpaired) electrons. The van der Waals surface area contributed by atoms with Gasteiger partial charge in [-0.05, 0) is 27.2 Å². The maximum atomic E-state index is 12.6. The zero-order valence-electron chi connectivity index (χ0n) is 12.1. The van der Waals surface area contributed by atoms with Gasteiger partial charge >= 0.3 is 64.5 Å². The molecule has 1 rings (SSSR count). The number of hydrogen-bond acceptors (Lipinski definition) is 2. The summed E-state index contributed by atoms with van der Waals surface area (Å²) < 4.78 is 43.1. The molecule has 1 saturated heterocycles. The van der Waals surface area contributed by atoms with E-state index in [4.69, 9.17) is 4.74 Å². The molecule has 1 atom stereocenters. The number of rotatable bonds is 1. The van der Waals surface area contributed by atoms with Crippen molar-refractivity contribution in [1.82, 2.24) is 4.90 Å². The number of carbonyl (C=O) groups excluding carboxylic acids is 1. The van der Waals surface area contributed by atoms with Crippen molar-refractivity contribution in [2.24, 2.45) is 0 Å². The van der Waals surface area contributed by atoms with Crippen molar-refractivity contribution in [3.63, 3.8) is 0 Å². The first-order valence-corrected chi connectivity index (χ1v) is 6.27. The molecule has 19 heavy (non-hydrogen) atoms. The third-order valence-electron chi connectivity index (χ3n) is 2.96. The smallest absolute Gasteiger partial charge is 0.449 e. The summed E-state index contributed by atoms with van der Waals surface area (Å²) >= 11 is 0. The maximum absolute atomic E-state index is 12.6. The Morgan fingerprint density at radius 1 is 1.21 bits per heavy atom. The molecule has 1 fully saturated rings. The Morgan fingerprint density at radius 2 is 1.79 bits per heavy atom. The molecule has 0 N–H and O–H groups in total. The van der Waals surface area contributed by atoms with Gasteiger partial charge in [-0.3, -0.25) is 0 Å². The molecular weight excluding hydrogens is 285 g/mol. The van der Waals surface area contributed by atoms with Crippen LogP contribution >= 0.6 is 0 Å². The summed E-state index contributed by atoms with van der Waals surface area (Å²) in [6.07, 6.45) is -0.0331. The fourth-order valence-corrected chi connectivity index (χ4v) is 2.01. The predicted molar refractivity (Wildman–Crippen MR) is 64.5 cm³/mol. The molecule has 0 aromatic rings. The minimum Gasteiger partial charge on any atom is -0.449 e. The van der Waals surface area contributed by atoms with Gasteiger partial charge in [0.1, 0.15) is 5.60 Å². The molecule has 1 unspecified atom stereocenters. The van der Waals surface area contributed by atoms with E-state index in [1.165, 1.54) is 4.90 Å².